The maximum absolute atomic E-state index is 13.0. The second kappa shape index (κ2) is 9.82. The first-order chi connectivity index (χ1) is 13.7. The number of hydrogen-bond acceptors (Lipinski definition) is 5. The number of anilines is 2. The largest absolute Gasteiger partial charge is 0.459 e. The highest BCUT2D eigenvalue weighted by atomic mass is 32.2. The van der Waals surface area contributed by atoms with Gasteiger partial charge in [0, 0.05) is 38.1 Å². The second-order valence-electron chi connectivity index (χ2n) is 7.33. The Kier molecular flexibility index (Phi) is 7.73. The van der Waals surface area contributed by atoms with E-state index in [4.69, 9.17) is 4.42 Å². The molecular weight excluding hydrogens is 390 g/mol. The molecule has 1 amide bonds. The van der Waals surface area contributed by atoms with Crippen LogP contribution in [-0.4, -0.2) is 45.1 Å². The van der Waals surface area contributed by atoms with Gasteiger partial charge in [0.05, 0.1) is 12.0 Å². The minimum Gasteiger partial charge on any atom is -0.459 e. The summed E-state index contributed by atoms with van der Waals surface area (Å²) in [6.45, 7) is 6.18. The number of nitrogens with zero attached hydrogens (tertiary/aromatic N) is 2. The number of carbonyl (C=O) groups excluding carboxylic acids is 1. The van der Waals surface area contributed by atoms with Crippen molar-refractivity contribution in [1.29, 1.82) is 0 Å². The van der Waals surface area contributed by atoms with Crippen molar-refractivity contribution >= 4 is 27.3 Å². The summed E-state index contributed by atoms with van der Waals surface area (Å²) in [4.78, 5) is 16.7. The number of rotatable bonds is 10. The summed E-state index contributed by atoms with van der Waals surface area (Å²) in [6.07, 6.45) is 2.81. The van der Waals surface area contributed by atoms with Gasteiger partial charge in [-0.3, -0.25) is 9.52 Å². The highest BCUT2D eigenvalue weighted by Crippen LogP contribution is 2.27. The van der Waals surface area contributed by atoms with Gasteiger partial charge in [-0.2, -0.15) is 0 Å². The number of amides is 1. The van der Waals surface area contributed by atoms with Gasteiger partial charge in [-0.25, -0.2) is 8.42 Å². The third-order valence-electron chi connectivity index (χ3n) is 4.76. The minimum absolute atomic E-state index is 0.0111. The molecule has 0 radical (unpaired) electrons. The highest BCUT2D eigenvalue weighted by Gasteiger charge is 2.24. The van der Waals surface area contributed by atoms with Crippen LogP contribution in [0.1, 0.15) is 49.7 Å². The first-order valence-corrected chi connectivity index (χ1v) is 11.5. The van der Waals surface area contributed by atoms with Crippen LogP contribution in [0.15, 0.2) is 41.0 Å². The van der Waals surface area contributed by atoms with Crippen LogP contribution in [0, 0.1) is 0 Å². The van der Waals surface area contributed by atoms with E-state index in [-0.39, 0.29) is 23.5 Å². The predicted molar refractivity (Wildman–Crippen MR) is 117 cm³/mol. The molecule has 1 aromatic heterocycles. The quantitative estimate of drug-likeness (QED) is 0.628. The van der Waals surface area contributed by atoms with Crippen LogP contribution < -0.4 is 9.62 Å². The molecule has 2 rings (SSSR count). The van der Waals surface area contributed by atoms with Crippen LogP contribution in [-0.2, 0) is 16.6 Å². The predicted octanol–water partition coefficient (Wildman–Crippen LogP) is 3.94. The van der Waals surface area contributed by atoms with E-state index in [1.54, 1.807) is 29.2 Å². The standard InChI is InChI=1S/C21H31N3O4S/c1-6-13-29(26,27)22-18-10-11-19(23(4)5)17(14-18)15-24(16(3)7-2)21(25)20-9-8-12-28-20/h8-12,14,16,22H,6-7,13,15H2,1-5H3. The molecule has 0 fully saturated rings. The van der Waals surface area contributed by atoms with Crippen molar-refractivity contribution in [2.75, 3.05) is 29.5 Å². The van der Waals surface area contributed by atoms with Gasteiger partial charge in [0.15, 0.2) is 5.76 Å². The number of sulfonamides is 1. The van der Waals surface area contributed by atoms with Gasteiger partial charge in [-0.05, 0) is 55.7 Å². The molecule has 160 valence electrons. The Hall–Kier alpha value is -2.48. The molecular formula is C21H31N3O4S. The zero-order chi connectivity index (χ0) is 21.6. The Bertz CT molecular complexity index is 908. The highest BCUT2D eigenvalue weighted by molar-refractivity contribution is 7.92. The number of hydrogen-bond donors (Lipinski definition) is 1. The number of nitrogens with one attached hydrogen (secondary N) is 1. The fourth-order valence-electron chi connectivity index (χ4n) is 3.08. The molecule has 1 N–H and O–H groups in total. The molecule has 0 aliphatic carbocycles. The fraction of sp³-hybridized carbons (Fsp3) is 0.476. The Labute approximate surface area is 173 Å². The van der Waals surface area contributed by atoms with Gasteiger partial charge in [0.2, 0.25) is 10.0 Å². The molecule has 0 saturated heterocycles. The van der Waals surface area contributed by atoms with Crippen molar-refractivity contribution < 1.29 is 17.6 Å². The van der Waals surface area contributed by atoms with E-state index >= 15 is 0 Å². The van der Waals surface area contributed by atoms with Crippen molar-refractivity contribution in [3.05, 3.63) is 47.9 Å². The third-order valence-corrected chi connectivity index (χ3v) is 6.26. The lowest BCUT2D eigenvalue weighted by Crippen LogP contribution is -2.38. The third kappa shape index (κ3) is 6.00. The van der Waals surface area contributed by atoms with Gasteiger partial charge in [0.1, 0.15) is 0 Å². The lowest BCUT2D eigenvalue weighted by atomic mass is 10.1. The van der Waals surface area contributed by atoms with Crippen LogP contribution in [0.2, 0.25) is 0 Å². The minimum atomic E-state index is -3.39. The molecule has 1 heterocycles. The van der Waals surface area contributed by atoms with Crippen molar-refractivity contribution in [2.45, 2.75) is 46.2 Å². The molecule has 0 spiro atoms. The summed E-state index contributed by atoms with van der Waals surface area (Å²) in [5.74, 6) is 0.163. The smallest absolute Gasteiger partial charge is 0.290 e. The molecule has 1 atom stereocenters. The van der Waals surface area contributed by atoms with Crippen LogP contribution in [0.5, 0.6) is 0 Å². The molecule has 8 heteroatoms. The van der Waals surface area contributed by atoms with E-state index in [0.717, 1.165) is 17.7 Å². The zero-order valence-corrected chi connectivity index (χ0v) is 18.6. The Morgan fingerprint density at radius 2 is 1.93 bits per heavy atom. The maximum Gasteiger partial charge on any atom is 0.290 e. The summed E-state index contributed by atoms with van der Waals surface area (Å²) < 4.78 is 32.3. The Balaban J connectivity index is 2.40. The van der Waals surface area contributed by atoms with E-state index < -0.39 is 10.0 Å². The van der Waals surface area contributed by atoms with Crippen molar-refractivity contribution in [3.8, 4) is 0 Å². The average Bonchev–Trinajstić information content (AvgIpc) is 3.19. The molecule has 2 aromatic rings. The lowest BCUT2D eigenvalue weighted by molar-refractivity contribution is 0.0639. The van der Waals surface area contributed by atoms with E-state index in [9.17, 15) is 13.2 Å². The Morgan fingerprint density at radius 3 is 2.48 bits per heavy atom. The van der Waals surface area contributed by atoms with E-state index in [1.165, 1.54) is 6.26 Å². The van der Waals surface area contributed by atoms with Crippen molar-refractivity contribution in [2.24, 2.45) is 0 Å². The van der Waals surface area contributed by atoms with Gasteiger partial charge in [0.25, 0.3) is 5.91 Å². The second-order valence-corrected chi connectivity index (χ2v) is 9.17. The van der Waals surface area contributed by atoms with Crippen LogP contribution >= 0.6 is 0 Å². The van der Waals surface area contributed by atoms with Crippen molar-refractivity contribution in [1.82, 2.24) is 4.90 Å². The van der Waals surface area contributed by atoms with Crippen LogP contribution in [0.4, 0.5) is 11.4 Å². The van der Waals surface area contributed by atoms with Gasteiger partial charge >= 0.3 is 0 Å². The molecule has 0 saturated carbocycles. The SMILES string of the molecule is CCCS(=O)(=O)Nc1ccc(N(C)C)c(CN(C(=O)c2ccco2)C(C)CC)c1. The molecule has 7 nitrogen and oxygen atoms in total. The fourth-order valence-corrected chi connectivity index (χ4v) is 4.21. The van der Waals surface area contributed by atoms with Gasteiger partial charge in [-0.1, -0.05) is 13.8 Å². The topological polar surface area (TPSA) is 82.9 Å². The first-order valence-electron chi connectivity index (χ1n) is 9.83. The summed E-state index contributed by atoms with van der Waals surface area (Å²) in [7, 11) is 0.442. The van der Waals surface area contributed by atoms with Gasteiger partial charge in [-0.15, -0.1) is 0 Å². The van der Waals surface area contributed by atoms with Crippen LogP contribution in [0.25, 0.3) is 0 Å². The maximum atomic E-state index is 13.0. The molecule has 1 unspecified atom stereocenters. The Morgan fingerprint density at radius 1 is 1.21 bits per heavy atom. The molecule has 0 bridgehead atoms. The van der Waals surface area contributed by atoms with Crippen LogP contribution in [0.3, 0.4) is 0 Å². The normalized spacial score (nSPS) is 12.4. The summed E-state index contributed by atoms with van der Waals surface area (Å²) in [5, 5.41) is 0. The number of carbonyl (C=O) groups is 1. The molecule has 29 heavy (non-hydrogen) atoms. The lowest BCUT2D eigenvalue weighted by Gasteiger charge is -2.30. The van der Waals surface area contributed by atoms with Crippen molar-refractivity contribution in [3.63, 3.8) is 0 Å². The average molecular weight is 422 g/mol. The van der Waals surface area contributed by atoms with E-state index in [1.807, 2.05) is 45.8 Å². The molecule has 0 aliphatic heterocycles. The van der Waals surface area contributed by atoms with E-state index in [2.05, 4.69) is 4.72 Å². The zero-order valence-electron chi connectivity index (χ0n) is 17.8. The summed E-state index contributed by atoms with van der Waals surface area (Å²) >= 11 is 0. The molecule has 1 aromatic carbocycles. The van der Waals surface area contributed by atoms with Gasteiger partial charge < -0.3 is 14.2 Å². The monoisotopic (exact) mass is 421 g/mol. The summed E-state index contributed by atoms with van der Waals surface area (Å²) in [6, 6.07) is 8.74. The first kappa shape index (κ1) is 22.8. The molecule has 0 aliphatic rings. The summed E-state index contributed by atoms with van der Waals surface area (Å²) in [5.41, 5.74) is 2.27. The van der Waals surface area contributed by atoms with E-state index in [0.29, 0.717) is 18.7 Å². The number of benzene rings is 1. The number of furan rings is 1.